The highest BCUT2D eigenvalue weighted by atomic mass is 16.6. The summed E-state index contributed by atoms with van der Waals surface area (Å²) in [7, 11) is 0. The molecule has 102 valence electrons. The van der Waals surface area contributed by atoms with Crippen molar-refractivity contribution in [2.24, 2.45) is 5.73 Å². The van der Waals surface area contributed by atoms with Crippen LogP contribution in [-0.2, 0) is 20.7 Å². The van der Waals surface area contributed by atoms with E-state index < -0.39 is 18.1 Å². The molecule has 0 unspecified atom stereocenters. The number of likely N-dealkylation sites (tertiary alicyclic amines) is 1. The largest absolute Gasteiger partial charge is 0.424 e. The number of hydrogen-bond acceptors (Lipinski definition) is 6. The van der Waals surface area contributed by atoms with E-state index in [0.29, 0.717) is 18.5 Å². The van der Waals surface area contributed by atoms with Crippen LogP contribution in [0.25, 0.3) is 0 Å². The number of carbonyl (C=O) groups is 3. The second kappa shape index (κ2) is 5.61. The van der Waals surface area contributed by atoms with Crippen molar-refractivity contribution in [1.29, 1.82) is 0 Å². The maximum absolute atomic E-state index is 11.6. The van der Waals surface area contributed by atoms with E-state index in [1.54, 1.807) is 0 Å². The molecule has 0 spiro atoms. The highest BCUT2D eigenvalue weighted by Crippen LogP contribution is 2.11. The van der Waals surface area contributed by atoms with E-state index in [1.807, 2.05) is 0 Å². The lowest BCUT2D eigenvalue weighted by Crippen LogP contribution is -2.40. The van der Waals surface area contributed by atoms with Gasteiger partial charge in [0.25, 0.3) is 0 Å². The van der Waals surface area contributed by atoms with E-state index in [1.165, 1.54) is 12.5 Å². The first-order valence-corrected chi connectivity index (χ1v) is 5.87. The molecule has 2 rings (SSSR count). The average molecular weight is 266 g/mol. The topological polar surface area (TPSA) is 118 Å². The van der Waals surface area contributed by atoms with Crippen molar-refractivity contribution < 1.29 is 19.1 Å². The summed E-state index contributed by atoms with van der Waals surface area (Å²) in [4.78, 5) is 41.9. The van der Waals surface area contributed by atoms with E-state index in [2.05, 4.69) is 14.7 Å². The van der Waals surface area contributed by atoms with Crippen LogP contribution >= 0.6 is 0 Å². The van der Waals surface area contributed by atoms with Gasteiger partial charge < -0.3 is 15.5 Å². The molecule has 1 fully saturated rings. The summed E-state index contributed by atoms with van der Waals surface area (Å²) in [5.41, 5.74) is 6.27. The van der Waals surface area contributed by atoms with Gasteiger partial charge in [0.2, 0.25) is 5.91 Å². The first-order chi connectivity index (χ1) is 9.08. The van der Waals surface area contributed by atoms with Crippen LogP contribution in [0.3, 0.4) is 0 Å². The van der Waals surface area contributed by atoms with Gasteiger partial charge in [-0.1, -0.05) is 0 Å². The van der Waals surface area contributed by atoms with Crippen molar-refractivity contribution in [3.63, 3.8) is 0 Å². The quantitative estimate of drug-likeness (QED) is 0.565. The van der Waals surface area contributed by atoms with Crippen LogP contribution in [-0.4, -0.2) is 45.4 Å². The van der Waals surface area contributed by atoms with Crippen molar-refractivity contribution in [2.75, 3.05) is 6.54 Å². The molecule has 0 aromatic carbocycles. The first-order valence-electron chi connectivity index (χ1n) is 5.87. The number of hydrogen-bond donors (Lipinski definition) is 2. The van der Waals surface area contributed by atoms with Gasteiger partial charge in [0.15, 0.2) is 0 Å². The molecule has 1 aromatic heterocycles. The van der Waals surface area contributed by atoms with Crippen LogP contribution in [0.15, 0.2) is 12.5 Å². The van der Waals surface area contributed by atoms with Crippen molar-refractivity contribution in [1.82, 2.24) is 14.9 Å². The molecule has 0 saturated carbocycles. The highest BCUT2D eigenvalue weighted by molar-refractivity contribution is 5.98. The number of ether oxygens (including phenoxy) is 1. The Morgan fingerprint density at radius 2 is 2.37 bits per heavy atom. The number of aromatic amines is 1. The van der Waals surface area contributed by atoms with Gasteiger partial charge in [-0.15, -0.1) is 0 Å². The molecule has 1 saturated heterocycles. The average Bonchev–Trinajstić information content (AvgIpc) is 3.00. The van der Waals surface area contributed by atoms with Crippen LogP contribution < -0.4 is 5.73 Å². The fourth-order valence-electron chi connectivity index (χ4n) is 1.77. The molecule has 0 bridgehead atoms. The lowest BCUT2D eigenvalue weighted by Gasteiger charge is -2.14. The zero-order valence-corrected chi connectivity index (χ0v) is 10.2. The smallest absolute Gasteiger partial charge is 0.375 e. The molecule has 19 heavy (non-hydrogen) atoms. The third-order valence-corrected chi connectivity index (χ3v) is 2.78. The summed E-state index contributed by atoms with van der Waals surface area (Å²) >= 11 is 0. The fraction of sp³-hybridized carbons (Fsp3) is 0.455. The highest BCUT2D eigenvalue weighted by Gasteiger charge is 2.30. The summed E-state index contributed by atoms with van der Waals surface area (Å²) < 4.78 is 4.58. The summed E-state index contributed by atoms with van der Waals surface area (Å²) in [6.45, 7) is 0.279. The Morgan fingerprint density at radius 1 is 1.58 bits per heavy atom. The Hall–Kier alpha value is -2.22. The minimum atomic E-state index is -0.984. The molecule has 1 atom stereocenters. The third kappa shape index (κ3) is 3.16. The molecule has 8 nitrogen and oxygen atoms in total. The van der Waals surface area contributed by atoms with Crippen molar-refractivity contribution in [3.05, 3.63) is 18.2 Å². The maximum Gasteiger partial charge on any atom is 0.424 e. The lowest BCUT2D eigenvalue weighted by atomic mass is 10.2. The molecular formula is C11H14N4O4. The Bertz CT molecular complexity index is 485. The van der Waals surface area contributed by atoms with E-state index in [-0.39, 0.29) is 18.9 Å². The van der Waals surface area contributed by atoms with E-state index >= 15 is 0 Å². The van der Waals surface area contributed by atoms with Crippen LogP contribution in [0.5, 0.6) is 0 Å². The Morgan fingerprint density at radius 3 is 2.95 bits per heavy atom. The van der Waals surface area contributed by atoms with Gasteiger partial charge >= 0.3 is 12.1 Å². The van der Waals surface area contributed by atoms with Crippen molar-refractivity contribution in [3.8, 4) is 0 Å². The zero-order valence-electron chi connectivity index (χ0n) is 10.2. The lowest BCUT2D eigenvalue weighted by molar-refractivity contribution is -0.140. The number of nitrogens with zero attached hydrogens (tertiary/aromatic N) is 2. The summed E-state index contributed by atoms with van der Waals surface area (Å²) in [5, 5.41) is 0. The molecule has 8 heteroatoms. The minimum absolute atomic E-state index is 0.181. The first kappa shape index (κ1) is 13.2. The van der Waals surface area contributed by atoms with E-state index in [4.69, 9.17) is 5.73 Å². The summed E-state index contributed by atoms with van der Waals surface area (Å²) in [6.07, 6.45) is 3.10. The maximum atomic E-state index is 11.6. The third-order valence-electron chi connectivity index (χ3n) is 2.78. The Kier molecular flexibility index (Phi) is 3.91. The van der Waals surface area contributed by atoms with Gasteiger partial charge in [-0.25, -0.2) is 19.5 Å². The minimum Gasteiger partial charge on any atom is -0.375 e. The van der Waals surface area contributed by atoms with E-state index in [0.717, 1.165) is 4.90 Å². The van der Waals surface area contributed by atoms with Crippen molar-refractivity contribution in [2.45, 2.75) is 25.3 Å². The predicted octanol–water partition coefficient (Wildman–Crippen LogP) is -0.435. The fourth-order valence-corrected chi connectivity index (χ4v) is 1.77. The van der Waals surface area contributed by atoms with Crippen LogP contribution in [0.1, 0.15) is 18.5 Å². The number of carbonyl (C=O) groups excluding carboxylic acids is 3. The number of rotatable bonds is 3. The SMILES string of the molecule is N[C@@H](Cc1cnc[nH]1)C(=O)OC(=O)N1CCCC1=O. The number of nitrogens with one attached hydrogen (secondary N) is 1. The Balaban J connectivity index is 1.86. The standard InChI is InChI=1S/C11H14N4O4/c12-8(4-7-5-13-6-14-7)10(17)19-11(18)15-3-1-2-9(15)16/h5-6,8H,1-4,12H2,(H,13,14)/t8-/m0/s1. The monoisotopic (exact) mass is 266 g/mol. The summed E-state index contributed by atoms with van der Waals surface area (Å²) in [6, 6.07) is -0.984. The molecule has 3 N–H and O–H groups in total. The number of aromatic nitrogens is 2. The molecule has 1 aliphatic heterocycles. The van der Waals surface area contributed by atoms with Gasteiger partial charge in [0.05, 0.1) is 6.33 Å². The van der Waals surface area contributed by atoms with Crippen LogP contribution in [0.2, 0.25) is 0 Å². The zero-order chi connectivity index (χ0) is 13.8. The molecule has 0 aliphatic carbocycles. The predicted molar refractivity (Wildman–Crippen MR) is 62.7 cm³/mol. The molecule has 0 radical (unpaired) electrons. The number of H-pyrrole nitrogens is 1. The van der Waals surface area contributed by atoms with Crippen molar-refractivity contribution >= 4 is 18.0 Å². The van der Waals surface area contributed by atoms with Gasteiger partial charge in [-0.05, 0) is 6.42 Å². The van der Waals surface area contributed by atoms with Gasteiger partial charge in [-0.2, -0.15) is 0 Å². The number of imidazole rings is 1. The second-order valence-corrected chi connectivity index (χ2v) is 4.22. The molecule has 1 aliphatic rings. The van der Waals surface area contributed by atoms with Gasteiger partial charge in [0, 0.05) is 31.3 Å². The number of amides is 2. The molecule has 2 heterocycles. The van der Waals surface area contributed by atoms with E-state index in [9.17, 15) is 14.4 Å². The van der Waals surface area contributed by atoms with Gasteiger partial charge in [0.1, 0.15) is 6.04 Å². The summed E-state index contributed by atoms with van der Waals surface area (Å²) in [5.74, 6) is -1.20. The Labute approximate surface area is 108 Å². The van der Waals surface area contributed by atoms with Crippen LogP contribution in [0, 0.1) is 0 Å². The number of esters is 1. The molecule has 2 amide bonds. The number of imide groups is 1. The number of nitrogens with two attached hydrogens (primary N) is 1. The second-order valence-electron chi connectivity index (χ2n) is 4.22. The molecular weight excluding hydrogens is 252 g/mol. The van der Waals surface area contributed by atoms with Crippen LogP contribution in [0.4, 0.5) is 4.79 Å². The molecule has 1 aromatic rings. The normalized spacial score (nSPS) is 16.5. The van der Waals surface area contributed by atoms with Gasteiger partial charge in [-0.3, -0.25) is 4.79 Å².